The largest absolute Gasteiger partial charge is 0.278 e. The van der Waals surface area contributed by atoms with Gasteiger partial charge in [0.1, 0.15) is 0 Å². The van der Waals surface area contributed by atoms with Gasteiger partial charge in [-0.1, -0.05) is 36.2 Å². The molecule has 1 unspecified atom stereocenters. The van der Waals surface area contributed by atoms with Crippen LogP contribution in [0.5, 0.6) is 0 Å². The average molecular weight is 463 g/mol. The predicted octanol–water partition coefficient (Wildman–Crippen LogP) is 3.42. The van der Waals surface area contributed by atoms with Gasteiger partial charge in [-0.15, -0.1) is 0 Å². The molecule has 0 spiro atoms. The van der Waals surface area contributed by atoms with E-state index in [-0.39, 0.29) is 37.6 Å². The fraction of sp³-hybridized carbons (Fsp3) is 0.235. The van der Waals surface area contributed by atoms with Crippen LogP contribution in [-0.2, 0) is 24.8 Å². The lowest BCUT2D eigenvalue weighted by molar-refractivity contribution is -0.119. The first-order valence-corrected chi connectivity index (χ1v) is 11.9. The van der Waals surface area contributed by atoms with Gasteiger partial charge in [0.15, 0.2) is 0 Å². The molecule has 1 aliphatic rings. The van der Waals surface area contributed by atoms with Crippen LogP contribution in [0.4, 0.5) is 11.4 Å². The summed E-state index contributed by atoms with van der Waals surface area (Å²) in [6, 6.07) is 8.42. The quantitative estimate of drug-likeness (QED) is 0.749. The summed E-state index contributed by atoms with van der Waals surface area (Å²) in [6.07, 6.45) is 0. The van der Waals surface area contributed by atoms with E-state index in [1.54, 1.807) is 6.07 Å². The van der Waals surface area contributed by atoms with Crippen molar-refractivity contribution in [3.05, 3.63) is 52.0 Å². The molecule has 7 nitrogen and oxygen atoms in total. The van der Waals surface area contributed by atoms with Crippen LogP contribution < -0.4 is 9.03 Å². The number of halogens is 2. The fourth-order valence-corrected chi connectivity index (χ4v) is 6.45. The standard InChI is InChI=1S/C17H16Cl2N2O5S2/c1-10-8-12(21-17(22)11(2)9-27(21,23)24)6-7-15(10)28(25,26)20-14-5-3-4-13(18)16(14)19/h3-8,11,20H,9H2,1-2H3. The van der Waals surface area contributed by atoms with Crippen LogP contribution in [0.1, 0.15) is 12.5 Å². The Hall–Kier alpha value is -1.81. The summed E-state index contributed by atoms with van der Waals surface area (Å²) < 4.78 is 53.1. The summed E-state index contributed by atoms with van der Waals surface area (Å²) in [6.45, 7) is 3.04. The van der Waals surface area contributed by atoms with E-state index in [1.165, 1.54) is 44.2 Å². The molecule has 2 aromatic rings. The van der Waals surface area contributed by atoms with Gasteiger partial charge in [0.2, 0.25) is 15.9 Å². The van der Waals surface area contributed by atoms with E-state index >= 15 is 0 Å². The van der Waals surface area contributed by atoms with Crippen molar-refractivity contribution in [1.29, 1.82) is 0 Å². The molecule has 0 aliphatic carbocycles. The minimum absolute atomic E-state index is 0.0600. The molecule has 150 valence electrons. The van der Waals surface area contributed by atoms with Crippen molar-refractivity contribution < 1.29 is 21.6 Å². The lowest BCUT2D eigenvalue weighted by Gasteiger charge is -2.18. The molecule has 1 aliphatic heterocycles. The molecule has 0 aromatic heterocycles. The van der Waals surface area contributed by atoms with Crippen molar-refractivity contribution >= 4 is 60.5 Å². The number of sulfonamides is 2. The van der Waals surface area contributed by atoms with E-state index in [0.717, 1.165) is 4.31 Å². The first kappa shape index (κ1) is 20.9. The van der Waals surface area contributed by atoms with Gasteiger partial charge in [-0.05, 0) is 42.8 Å². The zero-order valence-corrected chi connectivity index (χ0v) is 18.0. The van der Waals surface area contributed by atoms with Crippen LogP contribution in [0.15, 0.2) is 41.3 Å². The Bertz CT molecular complexity index is 1180. The highest BCUT2D eigenvalue weighted by atomic mass is 35.5. The van der Waals surface area contributed by atoms with E-state index in [9.17, 15) is 21.6 Å². The minimum Gasteiger partial charge on any atom is -0.278 e. The topological polar surface area (TPSA) is 101 Å². The summed E-state index contributed by atoms with van der Waals surface area (Å²) in [5.74, 6) is -1.47. The SMILES string of the molecule is Cc1cc(N2C(=O)C(C)CS2(=O)=O)ccc1S(=O)(=O)Nc1cccc(Cl)c1Cl. The Kier molecular flexibility index (Phi) is 5.39. The van der Waals surface area contributed by atoms with E-state index in [0.29, 0.717) is 0 Å². The molecule has 0 radical (unpaired) electrons. The van der Waals surface area contributed by atoms with E-state index < -0.39 is 31.9 Å². The molecular weight excluding hydrogens is 447 g/mol. The Morgan fingerprint density at radius 1 is 1.18 bits per heavy atom. The molecule has 0 bridgehead atoms. The van der Waals surface area contributed by atoms with Crippen LogP contribution in [0, 0.1) is 12.8 Å². The second-order valence-corrected chi connectivity index (χ2v) is 10.7. The zero-order valence-electron chi connectivity index (χ0n) is 14.8. The summed E-state index contributed by atoms with van der Waals surface area (Å²) in [7, 11) is -7.80. The number of anilines is 2. The second kappa shape index (κ2) is 7.22. The summed E-state index contributed by atoms with van der Waals surface area (Å²) in [4.78, 5) is 12.1. The van der Waals surface area contributed by atoms with Crippen LogP contribution in [0.2, 0.25) is 10.0 Å². The van der Waals surface area contributed by atoms with Crippen molar-refractivity contribution in [2.45, 2.75) is 18.7 Å². The number of nitrogens with zero attached hydrogens (tertiary/aromatic N) is 1. The van der Waals surface area contributed by atoms with E-state index in [4.69, 9.17) is 23.2 Å². The Balaban J connectivity index is 1.98. The highest BCUT2D eigenvalue weighted by Crippen LogP contribution is 2.33. The normalized spacial score (nSPS) is 19.1. The monoisotopic (exact) mass is 462 g/mol. The van der Waals surface area contributed by atoms with Gasteiger partial charge < -0.3 is 0 Å². The number of carbonyl (C=O) groups is 1. The molecule has 3 rings (SSSR count). The Morgan fingerprint density at radius 2 is 1.86 bits per heavy atom. The molecular formula is C17H16Cl2N2O5S2. The lowest BCUT2D eigenvalue weighted by Crippen LogP contribution is -2.30. The smallest absolute Gasteiger partial charge is 0.262 e. The van der Waals surface area contributed by atoms with Crippen molar-refractivity contribution in [3.8, 4) is 0 Å². The number of hydrogen-bond acceptors (Lipinski definition) is 5. The zero-order chi connectivity index (χ0) is 20.9. The molecule has 2 aromatic carbocycles. The highest BCUT2D eigenvalue weighted by Gasteiger charge is 2.42. The van der Waals surface area contributed by atoms with Gasteiger partial charge in [0.25, 0.3) is 10.0 Å². The number of benzene rings is 2. The van der Waals surface area contributed by atoms with Crippen LogP contribution in [0.3, 0.4) is 0 Å². The summed E-state index contributed by atoms with van der Waals surface area (Å²) in [5, 5.41) is 0.255. The highest BCUT2D eigenvalue weighted by molar-refractivity contribution is 7.94. The summed E-state index contributed by atoms with van der Waals surface area (Å²) >= 11 is 11.9. The third-order valence-electron chi connectivity index (χ3n) is 4.24. The van der Waals surface area contributed by atoms with Crippen LogP contribution in [0.25, 0.3) is 0 Å². The maximum atomic E-state index is 12.8. The Morgan fingerprint density at radius 3 is 2.43 bits per heavy atom. The molecule has 1 amide bonds. The molecule has 11 heteroatoms. The maximum absolute atomic E-state index is 12.8. The molecule has 1 atom stereocenters. The fourth-order valence-electron chi connectivity index (χ4n) is 2.93. The third-order valence-corrected chi connectivity index (χ3v) is 8.45. The van der Waals surface area contributed by atoms with Gasteiger partial charge in [0.05, 0.1) is 38.0 Å². The molecule has 28 heavy (non-hydrogen) atoms. The average Bonchev–Trinajstić information content (AvgIpc) is 2.78. The maximum Gasteiger partial charge on any atom is 0.262 e. The van der Waals surface area contributed by atoms with E-state index in [1.807, 2.05) is 0 Å². The predicted molar refractivity (Wildman–Crippen MR) is 109 cm³/mol. The van der Waals surface area contributed by atoms with Gasteiger partial charge in [-0.2, -0.15) is 0 Å². The number of aryl methyl sites for hydroxylation is 1. The van der Waals surface area contributed by atoms with Gasteiger partial charge in [0, 0.05) is 0 Å². The van der Waals surface area contributed by atoms with E-state index in [2.05, 4.69) is 4.72 Å². The number of amides is 1. The molecule has 1 fully saturated rings. The molecule has 0 saturated carbocycles. The third kappa shape index (κ3) is 3.71. The number of carbonyl (C=O) groups excluding carboxylic acids is 1. The van der Waals surface area contributed by atoms with Gasteiger partial charge >= 0.3 is 0 Å². The number of hydrogen-bond donors (Lipinski definition) is 1. The molecule has 1 saturated heterocycles. The van der Waals surface area contributed by atoms with Gasteiger partial charge in [-0.25, -0.2) is 21.1 Å². The van der Waals surface area contributed by atoms with Crippen molar-refractivity contribution in [1.82, 2.24) is 0 Å². The van der Waals surface area contributed by atoms with Crippen LogP contribution in [-0.4, -0.2) is 28.5 Å². The Labute approximate surface area is 173 Å². The van der Waals surface area contributed by atoms with Crippen molar-refractivity contribution in [2.24, 2.45) is 5.92 Å². The molecule has 1 N–H and O–H groups in total. The molecule has 1 heterocycles. The first-order valence-electron chi connectivity index (χ1n) is 8.08. The minimum atomic E-state index is -4.02. The number of nitrogens with one attached hydrogen (secondary N) is 1. The summed E-state index contributed by atoms with van der Waals surface area (Å²) in [5.41, 5.74) is 0.487. The van der Waals surface area contributed by atoms with Crippen LogP contribution >= 0.6 is 23.2 Å². The first-order chi connectivity index (χ1) is 12.9. The van der Waals surface area contributed by atoms with Crippen molar-refractivity contribution in [3.63, 3.8) is 0 Å². The van der Waals surface area contributed by atoms with Gasteiger partial charge in [-0.3, -0.25) is 9.52 Å². The number of rotatable bonds is 4. The second-order valence-electron chi connectivity index (χ2n) is 6.44. The van der Waals surface area contributed by atoms with Crippen molar-refractivity contribution in [2.75, 3.05) is 14.8 Å². The lowest BCUT2D eigenvalue weighted by atomic mass is 10.2.